The first-order valence-corrected chi connectivity index (χ1v) is 32.3. The number of hydrogen-bond acceptors (Lipinski definition) is 10. The Morgan fingerprint density at radius 1 is 0.814 bits per heavy atom. The molecule has 5 N–H and O–H groups in total. The molecule has 0 spiro atoms. The van der Waals surface area contributed by atoms with Crippen molar-refractivity contribution in [1.29, 1.82) is 0 Å². The maximum Gasteiger partial charge on any atom is 0.251 e. The van der Waals surface area contributed by atoms with Crippen LogP contribution < -0.4 is 31.3 Å². The number of anilines is 1. The van der Waals surface area contributed by atoms with E-state index in [1.807, 2.05) is 95.3 Å². The number of hydrogen-bond donors (Lipinski definition) is 5. The average molecular weight is 1230 g/mol. The van der Waals surface area contributed by atoms with Gasteiger partial charge in [-0.15, -0.1) is 0 Å². The fourth-order valence-electron chi connectivity index (χ4n) is 12.1. The van der Waals surface area contributed by atoms with Crippen molar-refractivity contribution in [3.8, 4) is 5.75 Å². The van der Waals surface area contributed by atoms with Gasteiger partial charge in [0.2, 0.25) is 29.5 Å². The van der Waals surface area contributed by atoms with Gasteiger partial charge in [0.25, 0.3) is 5.91 Å². The number of carbonyl (C=O) groups excluding carboxylic acids is 6. The van der Waals surface area contributed by atoms with E-state index in [1.54, 1.807) is 87.0 Å². The molecule has 3 aliphatic rings. The molecule has 1 aliphatic carbocycles. The smallest absolute Gasteiger partial charge is 0.251 e. The van der Waals surface area contributed by atoms with Crippen molar-refractivity contribution in [2.45, 2.75) is 155 Å². The summed E-state index contributed by atoms with van der Waals surface area (Å²) in [6.07, 6.45) is 2.91. The zero-order valence-electron chi connectivity index (χ0n) is 51.0. The van der Waals surface area contributed by atoms with E-state index in [4.69, 9.17) is 27.9 Å². The first kappa shape index (κ1) is 65.2. The summed E-state index contributed by atoms with van der Waals surface area (Å²) in [5.74, 6) is -2.56. The highest BCUT2D eigenvalue weighted by Gasteiger charge is 2.54. The van der Waals surface area contributed by atoms with Gasteiger partial charge in [-0.05, 0) is 159 Å². The van der Waals surface area contributed by atoms with Gasteiger partial charge >= 0.3 is 0 Å². The predicted molar refractivity (Wildman–Crippen MR) is 338 cm³/mol. The number of likely N-dealkylation sites (N-methyl/N-ethyl adjacent to an activating group) is 1. The SMILES string of the molecule is CN[C@@H](C)C(=O)N[C@H](C(=O)N1Cc2cc(OCCNC(=O)c3ccc(NC(=O)C[C@@]4(C)C[C@H](c5cccc(Cl)c5)[C@@H](c5ccc(Cl)cc5)N([C@H](CS(=O)(=O)C(C)C)C(C)C)C4=O)cc3)ccc2C[C@H]1C(=O)N[C@@H]1CCCc2ccccc21)C(C)(C)C. The summed E-state index contributed by atoms with van der Waals surface area (Å²) in [5, 5.41) is 15.3. The molecule has 0 unspecified atom stereocenters. The van der Waals surface area contributed by atoms with Crippen LogP contribution in [0.3, 0.4) is 0 Å². The van der Waals surface area contributed by atoms with Gasteiger partial charge < -0.3 is 41.1 Å². The third-order valence-corrected chi connectivity index (χ3v) is 20.0. The largest absolute Gasteiger partial charge is 0.492 e. The Morgan fingerprint density at radius 3 is 2.19 bits per heavy atom. The van der Waals surface area contributed by atoms with Crippen LogP contribution in [-0.2, 0) is 53.2 Å². The lowest BCUT2D eigenvalue weighted by Gasteiger charge is -2.53. The molecular formula is C67H83Cl2N7O9S. The normalized spacial score (nSPS) is 20.7. The molecule has 19 heteroatoms. The molecule has 0 aromatic heterocycles. The van der Waals surface area contributed by atoms with E-state index in [1.165, 1.54) is 5.56 Å². The van der Waals surface area contributed by atoms with Crippen molar-refractivity contribution >= 4 is 74.2 Å². The molecule has 5 aromatic rings. The number of sulfone groups is 1. The van der Waals surface area contributed by atoms with Crippen molar-refractivity contribution in [3.63, 3.8) is 0 Å². The van der Waals surface area contributed by atoms with Crippen LogP contribution in [0.15, 0.2) is 115 Å². The monoisotopic (exact) mass is 1230 g/mol. The van der Waals surface area contributed by atoms with E-state index in [0.29, 0.717) is 27.0 Å². The number of halogens is 2. The van der Waals surface area contributed by atoms with Crippen molar-refractivity contribution in [2.24, 2.45) is 16.7 Å². The van der Waals surface area contributed by atoms with Crippen molar-refractivity contribution in [1.82, 2.24) is 31.1 Å². The average Bonchev–Trinajstić information content (AvgIpc) is 0.860. The number of likely N-dealkylation sites (tertiary alicyclic amines) is 1. The quantitative estimate of drug-likeness (QED) is 0.0439. The van der Waals surface area contributed by atoms with Gasteiger partial charge in [-0.1, -0.05) is 119 Å². The lowest BCUT2D eigenvalue weighted by Crippen LogP contribution is -2.62. The van der Waals surface area contributed by atoms with E-state index in [9.17, 15) is 32.4 Å². The van der Waals surface area contributed by atoms with Crippen LogP contribution in [0.4, 0.5) is 5.69 Å². The first-order valence-electron chi connectivity index (χ1n) is 29.8. The van der Waals surface area contributed by atoms with Crippen LogP contribution in [0.1, 0.15) is 150 Å². The minimum absolute atomic E-state index is 0.0967. The molecule has 0 radical (unpaired) electrons. The minimum Gasteiger partial charge on any atom is -0.492 e. The minimum atomic E-state index is -3.65. The summed E-state index contributed by atoms with van der Waals surface area (Å²) >= 11 is 13.0. The second kappa shape index (κ2) is 27.5. The zero-order chi connectivity index (χ0) is 62.4. The van der Waals surface area contributed by atoms with Gasteiger partial charge in [0.1, 0.15) is 24.4 Å². The summed E-state index contributed by atoms with van der Waals surface area (Å²) in [5.41, 5.74) is 4.32. The van der Waals surface area contributed by atoms with Gasteiger partial charge in [0.05, 0.1) is 41.1 Å². The molecule has 0 saturated carbocycles. The Balaban J connectivity index is 0.929. The lowest BCUT2D eigenvalue weighted by atomic mass is 9.66. The van der Waals surface area contributed by atoms with Crippen molar-refractivity contribution in [3.05, 3.63) is 164 Å². The number of benzene rings is 5. The van der Waals surface area contributed by atoms with E-state index in [0.717, 1.165) is 47.1 Å². The lowest BCUT2D eigenvalue weighted by molar-refractivity contribution is -0.157. The van der Waals surface area contributed by atoms with E-state index < -0.39 is 68.0 Å². The van der Waals surface area contributed by atoms with Gasteiger partial charge in [-0.3, -0.25) is 28.8 Å². The van der Waals surface area contributed by atoms with Gasteiger partial charge in [-0.2, -0.15) is 0 Å². The summed E-state index contributed by atoms with van der Waals surface area (Å²) in [7, 11) is -1.98. The molecule has 5 aromatic carbocycles. The number of aryl methyl sites for hydroxylation is 1. The van der Waals surface area contributed by atoms with Gasteiger partial charge in [0.15, 0.2) is 9.84 Å². The first-order chi connectivity index (χ1) is 40.7. The summed E-state index contributed by atoms with van der Waals surface area (Å²) in [6.45, 7) is 16.6. The predicted octanol–water partition coefficient (Wildman–Crippen LogP) is 10.3. The van der Waals surface area contributed by atoms with Crippen LogP contribution in [0, 0.1) is 16.7 Å². The Morgan fingerprint density at radius 2 is 1.52 bits per heavy atom. The molecule has 86 heavy (non-hydrogen) atoms. The summed E-state index contributed by atoms with van der Waals surface area (Å²) in [6, 6.07) is 30.8. The summed E-state index contributed by atoms with van der Waals surface area (Å²) < 4.78 is 33.6. The Kier molecular flexibility index (Phi) is 20.8. The fourth-order valence-corrected chi connectivity index (χ4v) is 13.9. The number of rotatable bonds is 21. The third kappa shape index (κ3) is 15.3. The van der Waals surface area contributed by atoms with E-state index in [2.05, 4.69) is 38.7 Å². The maximum absolute atomic E-state index is 15.3. The molecular weight excluding hydrogens is 1150 g/mol. The molecule has 1 saturated heterocycles. The number of amides is 6. The van der Waals surface area contributed by atoms with Gasteiger partial charge in [-0.25, -0.2) is 8.42 Å². The van der Waals surface area contributed by atoms with Crippen molar-refractivity contribution < 1.29 is 41.9 Å². The zero-order valence-corrected chi connectivity index (χ0v) is 53.3. The van der Waals surface area contributed by atoms with Crippen LogP contribution >= 0.6 is 23.2 Å². The number of nitrogens with one attached hydrogen (secondary N) is 5. The molecule has 460 valence electrons. The maximum atomic E-state index is 15.3. The van der Waals surface area contributed by atoms with E-state index in [-0.39, 0.29) is 86.2 Å². The second-order valence-electron chi connectivity index (χ2n) is 25.3. The molecule has 8 atom stereocenters. The molecule has 6 amide bonds. The van der Waals surface area contributed by atoms with Gasteiger partial charge in [0, 0.05) is 52.6 Å². The number of piperidine rings is 1. The standard InChI is InChI=1S/C67H83Cl2N7O9S/c1-40(2)57(39-86(83,84)41(3)4)76-59(44-21-26-49(68)27-22-44)54(47-17-13-18-50(69)33-47)36-67(9,65(76)82)37-58(77)72-51-28-23-45(24-29-51)62(79)71-31-32-85-52-30-25-46-35-56(63(80)73-55-20-14-16-43-15-11-12-19-53(43)55)75(38-48(46)34-52)64(81)60(66(6,7)8)74-61(78)42(5)70-10/h11-13,15,17-19,21-30,33-34,40-42,54-57,59-60,70H,14,16,20,31-32,35-39H2,1-10H3,(H,71,79)(H,72,77)(H,73,80)(H,74,78)/t42-,54+,55+,56-,57+,59+,60+,67+/m0/s1. The highest BCUT2D eigenvalue weighted by Crippen LogP contribution is 2.53. The van der Waals surface area contributed by atoms with Crippen LogP contribution in [-0.4, -0.2) is 109 Å². The topological polar surface area (TPSA) is 212 Å². The van der Waals surface area contributed by atoms with Crippen LogP contribution in [0.5, 0.6) is 5.75 Å². The molecule has 2 heterocycles. The Hall–Kier alpha value is -6.79. The number of carbonyl (C=O) groups is 6. The highest BCUT2D eigenvalue weighted by molar-refractivity contribution is 7.92. The molecule has 1 fully saturated rings. The molecule has 8 rings (SSSR count). The highest BCUT2D eigenvalue weighted by atomic mass is 35.5. The summed E-state index contributed by atoms with van der Waals surface area (Å²) in [4.78, 5) is 88.9. The van der Waals surface area contributed by atoms with E-state index >= 15 is 4.79 Å². The van der Waals surface area contributed by atoms with Crippen molar-refractivity contribution in [2.75, 3.05) is 31.3 Å². The third-order valence-electron chi connectivity index (χ3n) is 17.3. The Labute approximate surface area is 517 Å². The fraction of sp³-hybridized carbons (Fsp3) is 0.463. The molecule has 16 nitrogen and oxygen atoms in total. The second-order valence-corrected chi connectivity index (χ2v) is 28.8. The number of nitrogens with zero attached hydrogens (tertiary/aromatic N) is 2. The molecule has 2 aliphatic heterocycles. The van der Waals surface area contributed by atoms with Crippen LogP contribution in [0.2, 0.25) is 10.0 Å². The number of fused-ring (bicyclic) bond motifs is 2. The van der Waals surface area contributed by atoms with Crippen LogP contribution in [0.25, 0.3) is 0 Å². The molecule has 0 bridgehead atoms. The Bertz CT molecular complexity index is 3410. The number of ether oxygens (including phenoxy) is 1.